The number of aliphatic carboxylic acids is 1. The molecule has 0 aliphatic carbocycles. The molecule has 0 saturated heterocycles. The number of carboxylic acids is 1. The number of carbonyl (C=O) groups is 2. The maximum atomic E-state index is 11.4. The molecular weight excluding hydrogens is 208 g/mol. The first kappa shape index (κ1) is 14.9. The number of carboxylic acid groups (broad SMARTS) is 1. The van der Waals surface area contributed by atoms with Crippen molar-refractivity contribution in [2.45, 2.75) is 46.1 Å². The highest BCUT2D eigenvalue weighted by Crippen LogP contribution is 2.20. The van der Waals surface area contributed by atoms with Crippen LogP contribution < -0.4 is 11.1 Å². The predicted molar refractivity (Wildman–Crippen MR) is 61.9 cm³/mol. The van der Waals surface area contributed by atoms with Gasteiger partial charge in [-0.1, -0.05) is 27.2 Å². The van der Waals surface area contributed by atoms with Gasteiger partial charge < -0.3 is 16.2 Å². The SMILES string of the molecule is CCCC(C)(C)CNC(=O)CC(N)C(=O)O. The van der Waals surface area contributed by atoms with Crippen LogP contribution >= 0.6 is 0 Å². The van der Waals surface area contributed by atoms with Crippen molar-refractivity contribution in [2.75, 3.05) is 6.54 Å². The second-order valence-electron chi connectivity index (χ2n) is 4.84. The molecule has 5 nitrogen and oxygen atoms in total. The van der Waals surface area contributed by atoms with Crippen molar-refractivity contribution in [3.8, 4) is 0 Å². The minimum Gasteiger partial charge on any atom is -0.480 e. The average Bonchev–Trinajstić information content (AvgIpc) is 2.14. The lowest BCUT2D eigenvalue weighted by atomic mass is 9.88. The number of rotatable bonds is 7. The summed E-state index contributed by atoms with van der Waals surface area (Å²) >= 11 is 0. The Kier molecular flexibility index (Phi) is 6.03. The van der Waals surface area contributed by atoms with Crippen molar-refractivity contribution >= 4 is 11.9 Å². The molecule has 0 saturated carbocycles. The Bertz CT molecular complexity index is 252. The van der Waals surface area contributed by atoms with Gasteiger partial charge in [-0.2, -0.15) is 0 Å². The van der Waals surface area contributed by atoms with Crippen molar-refractivity contribution < 1.29 is 14.7 Å². The van der Waals surface area contributed by atoms with Crippen molar-refractivity contribution in [3.63, 3.8) is 0 Å². The van der Waals surface area contributed by atoms with Crippen LogP contribution in [0.15, 0.2) is 0 Å². The Morgan fingerprint density at radius 2 is 2.00 bits per heavy atom. The molecule has 16 heavy (non-hydrogen) atoms. The molecule has 0 aromatic carbocycles. The van der Waals surface area contributed by atoms with Crippen molar-refractivity contribution in [1.82, 2.24) is 5.32 Å². The maximum Gasteiger partial charge on any atom is 0.321 e. The first-order chi connectivity index (χ1) is 7.28. The molecule has 0 bridgehead atoms. The number of nitrogens with two attached hydrogens (primary N) is 1. The van der Waals surface area contributed by atoms with Gasteiger partial charge in [-0.3, -0.25) is 9.59 Å². The van der Waals surface area contributed by atoms with E-state index in [4.69, 9.17) is 10.8 Å². The summed E-state index contributed by atoms with van der Waals surface area (Å²) in [6, 6.07) is -1.12. The zero-order chi connectivity index (χ0) is 12.8. The minimum atomic E-state index is -1.15. The van der Waals surface area contributed by atoms with Gasteiger partial charge >= 0.3 is 5.97 Å². The van der Waals surface area contributed by atoms with Crippen LogP contribution in [-0.2, 0) is 9.59 Å². The van der Waals surface area contributed by atoms with Gasteiger partial charge in [0.2, 0.25) is 5.91 Å². The van der Waals surface area contributed by atoms with Crippen LogP contribution in [0.1, 0.15) is 40.0 Å². The molecule has 0 aliphatic rings. The highest BCUT2D eigenvalue weighted by Gasteiger charge is 2.20. The fourth-order valence-corrected chi connectivity index (χ4v) is 1.46. The summed E-state index contributed by atoms with van der Waals surface area (Å²) in [7, 11) is 0. The number of carbonyl (C=O) groups excluding carboxylic acids is 1. The molecule has 1 atom stereocenters. The fraction of sp³-hybridized carbons (Fsp3) is 0.818. The van der Waals surface area contributed by atoms with Crippen LogP contribution in [-0.4, -0.2) is 29.6 Å². The maximum absolute atomic E-state index is 11.4. The summed E-state index contributed by atoms with van der Waals surface area (Å²) in [5, 5.41) is 11.2. The highest BCUT2D eigenvalue weighted by atomic mass is 16.4. The lowest BCUT2D eigenvalue weighted by molar-refractivity contribution is -0.140. The first-order valence-electron chi connectivity index (χ1n) is 5.53. The van der Waals surface area contributed by atoms with E-state index in [0.29, 0.717) is 6.54 Å². The molecule has 0 rings (SSSR count). The molecule has 0 spiro atoms. The summed E-state index contributed by atoms with van der Waals surface area (Å²) < 4.78 is 0. The van der Waals surface area contributed by atoms with Crippen LogP contribution in [0, 0.1) is 5.41 Å². The third kappa shape index (κ3) is 6.40. The van der Waals surface area contributed by atoms with E-state index in [1.807, 2.05) is 0 Å². The third-order valence-electron chi connectivity index (χ3n) is 2.41. The predicted octanol–water partition coefficient (Wildman–Crippen LogP) is 0.731. The number of hydrogen-bond donors (Lipinski definition) is 3. The van der Waals surface area contributed by atoms with Gasteiger partial charge in [0.25, 0.3) is 0 Å². The van der Waals surface area contributed by atoms with Crippen LogP contribution in [0.3, 0.4) is 0 Å². The fourth-order valence-electron chi connectivity index (χ4n) is 1.46. The van der Waals surface area contributed by atoms with Crippen LogP contribution in [0.4, 0.5) is 0 Å². The van der Waals surface area contributed by atoms with E-state index in [9.17, 15) is 9.59 Å². The van der Waals surface area contributed by atoms with Gasteiger partial charge in [0.1, 0.15) is 6.04 Å². The van der Waals surface area contributed by atoms with Gasteiger partial charge in [-0.05, 0) is 11.8 Å². The number of nitrogens with one attached hydrogen (secondary N) is 1. The minimum absolute atomic E-state index is 0.0394. The zero-order valence-corrected chi connectivity index (χ0v) is 10.2. The third-order valence-corrected chi connectivity index (χ3v) is 2.41. The molecule has 0 heterocycles. The van der Waals surface area contributed by atoms with Crippen LogP contribution in [0.2, 0.25) is 0 Å². The summed E-state index contributed by atoms with van der Waals surface area (Å²) in [5.41, 5.74) is 5.29. The monoisotopic (exact) mass is 230 g/mol. The van der Waals surface area contributed by atoms with Crippen molar-refractivity contribution in [2.24, 2.45) is 11.1 Å². The Morgan fingerprint density at radius 3 is 2.44 bits per heavy atom. The van der Waals surface area contributed by atoms with Crippen LogP contribution in [0.5, 0.6) is 0 Å². The van der Waals surface area contributed by atoms with Gasteiger partial charge in [0.05, 0.1) is 6.42 Å². The molecule has 4 N–H and O–H groups in total. The van der Waals surface area contributed by atoms with E-state index >= 15 is 0 Å². The lowest BCUT2D eigenvalue weighted by Crippen LogP contribution is -2.40. The normalized spacial score (nSPS) is 13.2. The molecule has 94 valence electrons. The molecule has 0 fully saturated rings. The topological polar surface area (TPSA) is 92.4 Å². The Morgan fingerprint density at radius 1 is 1.44 bits per heavy atom. The largest absolute Gasteiger partial charge is 0.480 e. The Balaban J connectivity index is 3.94. The lowest BCUT2D eigenvalue weighted by Gasteiger charge is -2.24. The van der Waals surface area contributed by atoms with Crippen molar-refractivity contribution in [1.29, 1.82) is 0 Å². The van der Waals surface area contributed by atoms with E-state index in [1.54, 1.807) is 0 Å². The molecular formula is C11H22N2O3. The summed E-state index contributed by atoms with van der Waals surface area (Å²) in [5.74, 6) is -1.46. The summed E-state index contributed by atoms with van der Waals surface area (Å²) in [6.07, 6.45) is 1.90. The average molecular weight is 230 g/mol. The molecule has 0 aromatic heterocycles. The van der Waals surface area contributed by atoms with Gasteiger partial charge in [-0.25, -0.2) is 0 Å². The summed E-state index contributed by atoms with van der Waals surface area (Å²) in [4.78, 5) is 21.8. The number of hydrogen-bond acceptors (Lipinski definition) is 3. The van der Waals surface area contributed by atoms with Gasteiger partial charge in [0, 0.05) is 6.54 Å². The van der Waals surface area contributed by atoms with Gasteiger partial charge in [0.15, 0.2) is 0 Å². The Labute approximate surface area is 96.4 Å². The van der Waals surface area contributed by atoms with Crippen molar-refractivity contribution in [3.05, 3.63) is 0 Å². The molecule has 1 unspecified atom stereocenters. The zero-order valence-electron chi connectivity index (χ0n) is 10.2. The molecule has 0 radical (unpaired) electrons. The van der Waals surface area contributed by atoms with E-state index in [2.05, 4.69) is 26.1 Å². The first-order valence-corrected chi connectivity index (χ1v) is 5.53. The van der Waals surface area contributed by atoms with Gasteiger partial charge in [-0.15, -0.1) is 0 Å². The Hall–Kier alpha value is -1.10. The summed E-state index contributed by atoms with van der Waals surface area (Å²) in [6.45, 7) is 6.76. The second-order valence-corrected chi connectivity index (χ2v) is 4.84. The molecule has 0 aliphatic heterocycles. The van der Waals surface area contributed by atoms with E-state index in [-0.39, 0.29) is 17.7 Å². The van der Waals surface area contributed by atoms with E-state index in [1.165, 1.54) is 0 Å². The smallest absolute Gasteiger partial charge is 0.321 e. The van der Waals surface area contributed by atoms with E-state index < -0.39 is 12.0 Å². The van der Waals surface area contributed by atoms with E-state index in [0.717, 1.165) is 12.8 Å². The number of amides is 1. The standard InChI is InChI=1S/C11H22N2O3/c1-4-5-11(2,3)7-13-9(14)6-8(12)10(15)16/h8H,4-7,12H2,1-3H3,(H,13,14)(H,15,16). The second kappa shape index (κ2) is 6.48. The molecule has 1 amide bonds. The van der Waals surface area contributed by atoms with Crippen LogP contribution in [0.25, 0.3) is 0 Å². The quantitative estimate of drug-likeness (QED) is 0.601. The highest BCUT2D eigenvalue weighted by molar-refractivity contribution is 5.84. The molecule has 0 aromatic rings. The molecule has 5 heteroatoms.